The van der Waals surface area contributed by atoms with Crippen LogP contribution >= 0.6 is 11.8 Å². The van der Waals surface area contributed by atoms with Crippen molar-refractivity contribution in [2.45, 2.75) is 34.6 Å². The van der Waals surface area contributed by atoms with E-state index >= 15 is 0 Å². The summed E-state index contributed by atoms with van der Waals surface area (Å²) in [5.74, 6) is 0. The van der Waals surface area contributed by atoms with Crippen molar-refractivity contribution in [3.63, 3.8) is 0 Å². The zero-order chi connectivity index (χ0) is 19.1. The van der Waals surface area contributed by atoms with Crippen molar-refractivity contribution in [2.75, 3.05) is 6.61 Å². The number of rotatable bonds is 4. The van der Waals surface area contributed by atoms with Gasteiger partial charge < -0.3 is 20.1 Å². The molecule has 0 aromatic carbocycles. The maximum Gasteiger partial charge on any atom is 0.342 e. The highest BCUT2D eigenvalue weighted by atomic mass is 32.2. The van der Waals surface area contributed by atoms with Gasteiger partial charge in [0, 0.05) is 0 Å². The van der Waals surface area contributed by atoms with E-state index < -0.39 is 42.4 Å². The first-order valence-electron chi connectivity index (χ1n) is 7.66. The lowest BCUT2D eigenvalue weighted by Crippen LogP contribution is -2.33. The summed E-state index contributed by atoms with van der Waals surface area (Å²) in [6, 6.07) is 0. The molecule has 0 spiro atoms. The van der Waals surface area contributed by atoms with E-state index in [9.17, 15) is 24.9 Å². The highest BCUT2D eigenvalue weighted by Crippen LogP contribution is 2.33. The number of nitrogens with one attached hydrogen (secondary N) is 2. The zero-order valence-electron chi connectivity index (χ0n) is 13.4. The Morgan fingerprint density at radius 2 is 2.00 bits per heavy atom. The second-order valence-electron chi connectivity index (χ2n) is 5.65. The fraction of sp³-hybridized carbons (Fsp3) is 0.385. The molecular formula is C13H13N7O6S. The van der Waals surface area contributed by atoms with E-state index in [0.717, 1.165) is 11.8 Å². The second-order valence-corrected chi connectivity index (χ2v) is 6.62. The van der Waals surface area contributed by atoms with Gasteiger partial charge in [-0.1, -0.05) is 0 Å². The Hall–Kier alpha value is -2.65. The van der Waals surface area contributed by atoms with Gasteiger partial charge in [-0.05, 0) is 11.8 Å². The average Bonchev–Trinajstić information content (AvgIpc) is 3.20. The molecule has 0 bridgehead atoms. The van der Waals surface area contributed by atoms with Crippen LogP contribution in [0.25, 0.3) is 11.2 Å². The van der Waals surface area contributed by atoms with Crippen molar-refractivity contribution in [1.29, 1.82) is 0 Å². The Morgan fingerprint density at radius 1 is 1.19 bits per heavy atom. The molecule has 27 heavy (non-hydrogen) atoms. The first-order chi connectivity index (χ1) is 13.0. The molecule has 3 aromatic rings. The van der Waals surface area contributed by atoms with Gasteiger partial charge >= 0.3 is 5.69 Å². The van der Waals surface area contributed by atoms with Crippen molar-refractivity contribution >= 4 is 22.9 Å². The Kier molecular flexibility index (Phi) is 4.48. The largest absolute Gasteiger partial charge is 0.394 e. The number of hydrogen-bond donors (Lipinski definition) is 5. The third-order valence-electron chi connectivity index (χ3n) is 3.99. The summed E-state index contributed by atoms with van der Waals surface area (Å²) in [7, 11) is 0. The predicted molar refractivity (Wildman–Crippen MR) is 87.9 cm³/mol. The monoisotopic (exact) mass is 395 g/mol. The smallest absolute Gasteiger partial charge is 0.342 e. The van der Waals surface area contributed by atoms with Gasteiger partial charge in [0.25, 0.3) is 5.56 Å². The van der Waals surface area contributed by atoms with E-state index in [2.05, 4.69) is 30.1 Å². The molecular weight excluding hydrogens is 382 g/mol. The quantitative estimate of drug-likeness (QED) is 0.290. The molecule has 5 N–H and O–H groups in total. The van der Waals surface area contributed by atoms with Crippen LogP contribution in [-0.2, 0) is 4.74 Å². The highest BCUT2D eigenvalue weighted by molar-refractivity contribution is 7.99. The van der Waals surface area contributed by atoms with Crippen LogP contribution in [0.4, 0.5) is 0 Å². The van der Waals surface area contributed by atoms with Crippen LogP contribution in [0.3, 0.4) is 0 Å². The van der Waals surface area contributed by atoms with Crippen LogP contribution < -0.4 is 11.2 Å². The average molecular weight is 395 g/mol. The molecule has 14 heteroatoms. The van der Waals surface area contributed by atoms with E-state index in [-0.39, 0.29) is 15.7 Å². The number of aromatic nitrogens is 7. The van der Waals surface area contributed by atoms with E-state index in [1.54, 1.807) is 0 Å². The number of aliphatic hydroxyl groups excluding tert-OH is 3. The van der Waals surface area contributed by atoms with Crippen molar-refractivity contribution in [2.24, 2.45) is 0 Å². The molecule has 1 aliphatic heterocycles. The lowest BCUT2D eigenvalue weighted by Gasteiger charge is -2.16. The van der Waals surface area contributed by atoms with Crippen LogP contribution in [0.15, 0.2) is 32.3 Å². The van der Waals surface area contributed by atoms with E-state index in [1.165, 1.54) is 17.2 Å². The molecule has 4 rings (SSSR count). The van der Waals surface area contributed by atoms with Crippen LogP contribution in [0.5, 0.6) is 0 Å². The summed E-state index contributed by atoms with van der Waals surface area (Å²) in [5.41, 5.74) is -0.833. The van der Waals surface area contributed by atoms with Crippen LogP contribution in [-0.4, -0.2) is 74.9 Å². The summed E-state index contributed by atoms with van der Waals surface area (Å²) in [6.07, 6.45) is -1.95. The minimum Gasteiger partial charge on any atom is -0.394 e. The van der Waals surface area contributed by atoms with Crippen LogP contribution in [0.1, 0.15) is 6.23 Å². The van der Waals surface area contributed by atoms with Crippen molar-refractivity contribution in [3.8, 4) is 0 Å². The van der Waals surface area contributed by atoms with Gasteiger partial charge in [0.05, 0.1) is 12.9 Å². The number of hydrogen-bond acceptors (Lipinski definition) is 11. The minimum atomic E-state index is -1.30. The van der Waals surface area contributed by atoms with E-state index in [0.29, 0.717) is 5.52 Å². The molecule has 0 radical (unpaired) electrons. The van der Waals surface area contributed by atoms with Gasteiger partial charge in [0.1, 0.15) is 35.2 Å². The maximum atomic E-state index is 11.8. The molecule has 142 valence electrons. The number of aliphatic hydroxyl groups is 3. The Bertz CT molecular complexity index is 1100. The lowest BCUT2D eigenvalue weighted by molar-refractivity contribution is -0.0511. The Balaban J connectivity index is 1.72. The normalized spacial score (nSPS) is 25.3. The minimum absolute atomic E-state index is 0.0444. The number of nitrogens with zero attached hydrogens (tertiary/aromatic N) is 5. The molecule has 1 aliphatic rings. The number of H-pyrrole nitrogens is 2. The molecule has 13 nitrogen and oxygen atoms in total. The summed E-state index contributed by atoms with van der Waals surface area (Å²) >= 11 is 0.870. The second kappa shape index (κ2) is 6.82. The first-order valence-corrected chi connectivity index (χ1v) is 8.48. The number of imidazole rings is 1. The molecule has 0 unspecified atom stereocenters. The van der Waals surface area contributed by atoms with Crippen molar-refractivity contribution in [1.82, 2.24) is 34.7 Å². The van der Waals surface area contributed by atoms with Gasteiger partial charge in [-0.2, -0.15) is 5.10 Å². The number of fused-ring (bicyclic) bond motifs is 1. The Labute approximate surface area is 153 Å². The predicted octanol–water partition coefficient (Wildman–Crippen LogP) is -2.64. The SMILES string of the molecule is O=c1[nH]nc(Sc2ncnc3c2ncn3[C@H]2O[C@@H](CO)[C@H](O)[C@@H]2O)c(=O)[nH]1. The van der Waals surface area contributed by atoms with Gasteiger partial charge in [0.15, 0.2) is 16.9 Å². The molecule has 1 saturated heterocycles. The van der Waals surface area contributed by atoms with Crippen molar-refractivity contribution in [3.05, 3.63) is 33.5 Å². The van der Waals surface area contributed by atoms with Gasteiger partial charge in [-0.15, -0.1) is 0 Å². The molecule has 4 atom stereocenters. The highest BCUT2D eigenvalue weighted by Gasteiger charge is 2.44. The molecule has 1 fully saturated rings. The fourth-order valence-electron chi connectivity index (χ4n) is 2.70. The standard InChI is InChI=1S/C13H13N7O6S/c21-1-4-6(22)7(23)12(26-4)20-3-16-5-8(20)14-2-15-10(5)27-11-9(24)17-13(25)19-18-11/h2-4,6-7,12,21-23H,1H2,(H2,17,19,24,25)/t4-,6-,7-,12-/m0/s1. The van der Waals surface area contributed by atoms with E-state index in [4.69, 9.17) is 4.74 Å². The third kappa shape index (κ3) is 3.02. The third-order valence-corrected chi connectivity index (χ3v) is 4.95. The van der Waals surface area contributed by atoms with Gasteiger partial charge in [-0.25, -0.2) is 24.8 Å². The molecule has 0 aliphatic carbocycles. The molecule has 0 amide bonds. The first kappa shape index (κ1) is 17.7. The summed E-state index contributed by atoms with van der Waals surface area (Å²) in [5, 5.41) is 35.4. The number of aromatic amines is 2. The summed E-state index contributed by atoms with van der Waals surface area (Å²) < 4.78 is 6.87. The topological polar surface area (TPSA) is 192 Å². The van der Waals surface area contributed by atoms with Crippen LogP contribution in [0, 0.1) is 0 Å². The van der Waals surface area contributed by atoms with Gasteiger partial charge in [-0.3, -0.25) is 14.3 Å². The van der Waals surface area contributed by atoms with Crippen molar-refractivity contribution < 1.29 is 20.1 Å². The molecule has 3 aromatic heterocycles. The Morgan fingerprint density at radius 3 is 2.70 bits per heavy atom. The lowest BCUT2D eigenvalue weighted by atomic mass is 10.1. The maximum absolute atomic E-state index is 11.8. The fourth-order valence-corrected chi connectivity index (χ4v) is 3.46. The zero-order valence-corrected chi connectivity index (χ0v) is 14.2. The van der Waals surface area contributed by atoms with Gasteiger partial charge in [0.2, 0.25) is 0 Å². The summed E-state index contributed by atoms with van der Waals surface area (Å²) in [6.45, 7) is -0.460. The number of ether oxygens (including phenoxy) is 1. The molecule has 4 heterocycles. The molecule has 0 saturated carbocycles. The van der Waals surface area contributed by atoms with Crippen LogP contribution in [0.2, 0.25) is 0 Å². The van der Waals surface area contributed by atoms with E-state index in [1.807, 2.05) is 0 Å². The summed E-state index contributed by atoms with van der Waals surface area (Å²) in [4.78, 5) is 37.3.